The minimum Gasteiger partial charge on any atom is -0.409 e. The predicted molar refractivity (Wildman–Crippen MR) is 77.8 cm³/mol. The maximum absolute atomic E-state index is 12.3. The highest BCUT2D eigenvalue weighted by atomic mass is 16.4. The second-order valence-electron chi connectivity index (χ2n) is 5.31. The molecule has 1 rings (SSSR count). The minimum absolute atomic E-state index is 0.0296. The molecule has 0 aliphatic rings. The molecule has 1 atom stereocenters. The number of aromatic nitrogens is 1. The summed E-state index contributed by atoms with van der Waals surface area (Å²) in [4.78, 5) is 18.0. The van der Waals surface area contributed by atoms with Crippen molar-refractivity contribution < 1.29 is 10.0 Å². The van der Waals surface area contributed by atoms with Crippen molar-refractivity contribution in [2.75, 3.05) is 7.05 Å². The second-order valence-corrected chi connectivity index (χ2v) is 5.31. The summed E-state index contributed by atoms with van der Waals surface area (Å²) in [5, 5.41) is 11.5. The number of nitrogens with zero attached hydrogens (tertiary/aromatic N) is 3. The van der Waals surface area contributed by atoms with Gasteiger partial charge in [0.25, 0.3) is 5.91 Å². The molecule has 0 fully saturated rings. The van der Waals surface area contributed by atoms with Crippen LogP contribution in [0, 0.1) is 5.92 Å². The summed E-state index contributed by atoms with van der Waals surface area (Å²) in [5.41, 5.74) is 6.27. The molecule has 6 nitrogen and oxygen atoms in total. The molecule has 110 valence electrons. The topological polar surface area (TPSA) is 91.8 Å². The highest BCUT2D eigenvalue weighted by molar-refractivity contribution is 5.98. The summed E-state index contributed by atoms with van der Waals surface area (Å²) in [6.07, 6.45) is 2.35. The van der Waals surface area contributed by atoms with Crippen molar-refractivity contribution in [3.05, 3.63) is 29.6 Å². The summed E-state index contributed by atoms with van der Waals surface area (Å²) in [6.45, 7) is 6.26. The summed E-state index contributed by atoms with van der Waals surface area (Å²) in [5.74, 6) is 0.360. The smallest absolute Gasteiger partial charge is 0.272 e. The number of rotatable bonds is 5. The fraction of sp³-hybridized carbons (Fsp3) is 0.500. The second kappa shape index (κ2) is 6.88. The van der Waals surface area contributed by atoms with E-state index in [9.17, 15) is 4.79 Å². The first-order valence-electron chi connectivity index (χ1n) is 6.58. The van der Waals surface area contributed by atoms with Crippen LogP contribution in [-0.2, 0) is 0 Å². The van der Waals surface area contributed by atoms with Gasteiger partial charge in [0.15, 0.2) is 5.84 Å². The maximum atomic E-state index is 12.3. The van der Waals surface area contributed by atoms with E-state index in [0.29, 0.717) is 17.2 Å². The molecule has 0 saturated heterocycles. The van der Waals surface area contributed by atoms with Crippen molar-refractivity contribution in [1.82, 2.24) is 9.88 Å². The van der Waals surface area contributed by atoms with Crippen LogP contribution in [0.4, 0.5) is 0 Å². The van der Waals surface area contributed by atoms with Crippen LogP contribution in [0.2, 0.25) is 0 Å². The maximum Gasteiger partial charge on any atom is 0.272 e. The van der Waals surface area contributed by atoms with E-state index in [-0.39, 0.29) is 17.8 Å². The number of oxime groups is 1. The van der Waals surface area contributed by atoms with Gasteiger partial charge in [-0.3, -0.25) is 9.78 Å². The van der Waals surface area contributed by atoms with Crippen LogP contribution in [0.5, 0.6) is 0 Å². The van der Waals surface area contributed by atoms with E-state index in [4.69, 9.17) is 10.9 Å². The van der Waals surface area contributed by atoms with E-state index in [1.807, 2.05) is 6.92 Å². The van der Waals surface area contributed by atoms with Gasteiger partial charge in [-0.1, -0.05) is 19.0 Å². The fourth-order valence-corrected chi connectivity index (χ4v) is 1.95. The van der Waals surface area contributed by atoms with Crippen molar-refractivity contribution >= 4 is 11.7 Å². The molecule has 1 aromatic rings. The lowest BCUT2D eigenvalue weighted by Crippen LogP contribution is -2.36. The highest BCUT2D eigenvalue weighted by Crippen LogP contribution is 2.12. The van der Waals surface area contributed by atoms with Gasteiger partial charge in [0.05, 0.1) is 0 Å². The van der Waals surface area contributed by atoms with Crippen LogP contribution in [0.1, 0.15) is 43.2 Å². The number of carbonyl (C=O) groups excluding carboxylic acids is 1. The first-order valence-corrected chi connectivity index (χ1v) is 6.58. The van der Waals surface area contributed by atoms with E-state index in [1.165, 1.54) is 6.20 Å². The number of nitrogens with two attached hydrogens (primary N) is 1. The predicted octanol–water partition coefficient (Wildman–Crippen LogP) is 1.68. The molecule has 0 aliphatic heterocycles. The quantitative estimate of drug-likeness (QED) is 0.371. The standard InChI is InChI=1S/C14H22N4O2/c1-9(2)7-10(3)18(4)14(19)12-6-5-11(8-16-12)13(15)17-20/h5-6,8-10,20H,7H2,1-4H3,(H2,15,17). The summed E-state index contributed by atoms with van der Waals surface area (Å²) >= 11 is 0. The van der Waals surface area contributed by atoms with Crippen molar-refractivity contribution in [3.63, 3.8) is 0 Å². The average molecular weight is 278 g/mol. The van der Waals surface area contributed by atoms with Gasteiger partial charge in [-0.05, 0) is 31.4 Å². The van der Waals surface area contributed by atoms with Gasteiger partial charge in [-0.25, -0.2) is 0 Å². The van der Waals surface area contributed by atoms with Gasteiger partial charge < -0.3 is 15.8 Å². The highest BCUT2D eigenvalue weighted by Gasteiger charge is 2.19. The van der Waals surface area contributed by atoms with Crippen molar-refractivity contribution in [2.45, 2.75) is 33.2 Å². The first kappa shape index (κ1) is 15.9. The zero-order chi connectivity index (χ0) is 15.3. The lowest BCUT2D eigenvalue weighted by Gasteiger charge is -2.26. The van der Waals surface area contributed by atoms with Crippen molar-refractivity contribution in [1.29, 1.82) is 0 Å². The Kier molecular flexibility index (Phi) is 5.49. The van der Waals surface area contributed by atoms with Crippen LogP contribution < -0.4 is 5.73 Å². The third-order valence-corrected chi connectivity index (χ3v) is 3.18. The zero-order valence-electron chi connectivity index (χ0n) is 12.4. The number of pyridine rings is 1. The molecule has 0 bridgehead atoms. The fourth-order valence-electron chi connectivity index (χ4n) is 1.95. The molecule has 0 aliphatic carbocycles. The van der Waals surface area contributed by atoms with E-state index in [2.05, 4.69) is 24.0 Å². The largest absolute Gasteiger partial charge is 0.409 e. The van der Waals surface area contributed by atoms with Gasteiger partial charge in [0.1, 0.15) is 5.69 Å². The number of hydrogen-bond donors (Lipinski definition) is 2. The molecule has 1 heterocycles. The lowest BCUT2D eigenvalue weighted by atomic mass is 10.0. The molecule has 1 unspecified atom stereocenters. The van der Waals surface area contributed by atoms with Crippen LogP contribution in [0.15, 0.2) is 23.5 Å². The minimum atomic E-state index is -0.135. The molecule has 20 heavy (non-hydrogen) atoms. The Morgan fingerprint density at radius 1 is 1.45 bits per heavy atom. The Morgan fingerprint density at radius 2 is 2.10 bits per heavy atom. The van der Waals surface area contributed by atoms with Gasteiger partial charge in [-0.15, -0.1) is 0 Å². The SMILES string of the molecule is CC(C)CC(C)N(C)C(=O)c1ccc(C(N)=NO)cn1. The summed E-state index contributed by atoms with van der Waals surface area (Å²) in [6, 6.07) is 3.33. The average Bonchev–Trinajstić information content (AvgIpc) is 2.44. The number of hydrogen-bond acceptors (Lipinski definition) is 4. The molecule has 3 N–H and O–H groups in total. The normalized spacial score (nSPS) is 13.3. The Morgan fingerprint density at radius 3 is 2.55 bits per heavy atom. The molecule has 6 heteroatoms. The Labute approximate surface area is 119 Å². The van der Waals surface area contributed by atoms with Crippen LogP contribution in [0.3, 0.4) is 0 Å². The van der Waals surface area contributed by atoms with Crippen LogP contribution >= 0.6 is 0 Å². The molecule has 0 aromatic carbocycles. The van der Waals surface area contributed by atoms with E-state index in [1.54, 1.807) is 24.1 Å². The number of carbonyl (C=O) groups is 1. The Balaban J connectivity index is 2.82. The molecule has 1 amide bonds. The van der Waals surface area contributed by atoms with Crippen molar-refractivity contribution in [3.8, 4) is 0 Å². The Hall–Kier alpha value is -2.11. The van der Waals surface area contributed by atoms with E-state index < -0.39 is 0 Å². The van der Waals surface area contributed by atoms with E-state index >= 15 is 0 Å². The van der Waals surface area contributed by atoms with Crippen LogP contribution in [0.25, 0.3) is 0 Å². The van der Waals surface area contributed by atoms with Gasteiger partial charge >= 0.3 is 0 Å². The van der Waals surface area contributed by atoms with Crippen LogP contribution in [-0.4, -0.2) is 39.9 Å². The molecular weight excluding hydrogens is 256 g/mol. The first-order chi connectivity index (χ1) is 9.36. The number of amides is 1. The zero-order valence-corrected chi connectivity index (χ0v) is 12.4. The Bertz CT molecular complexity index is 482. The van der Waals surface area contributed by atoms with Gasteiger partial charge in [-0.2, -0.15) is 0 Å². The third kappa shape index (κ3) is 3.94. The molecular formula is C14H22N4O2. The summed E-state index contributed by atoms with van der Waals surface area (Å²) in [7, 11) is 1.77. The molecule has 1 aromatic heterocycles. The van der Waals surface area contributed by atoms with Crippen molar-refractivity contribution in [2.24, 2.45) is 16.8 Å². The monoisotopic (exact) mass is 278 g/mol. The molecule has 0 radical (unpaired) electrons. The molecule has 0 spiro atoms. The molecule has 0 saturated carbocycles. The van der Waals surface area contributed by atoms with Gasteiger partial charge in [0.2, 0.25) is 0 Å². The third-order valence-electron chi connectivity index (χ3n) is 3.18. The van der Waals surface area contributed by atoms with E-state index in [0.717, 1.165) is 6.42 Å². The van der Waals surface area contributed by atoms with Gasteiger partial charge in [0, 0.05) is 24.8 Å². The number of amidine groups is 1. The lowest BCUT2D eigenvalue weighted by molar-refractivity contribution is 0.0722. The summed E-state index contributed by atoms with van der Waals surface area (Å²) < 4.78 is 0.